The van der Waals surface area contributed by atoms with Gasteiger partial charge in [-0.25, -0.2) is 0 Å². The van der Waals surface area contributed by atoms with Crippen LogP contribution in [-0.2, 0) is 4.74 Å². The maximum absolute atomic E-state index is 5.16. The van der Waals surface area contributed by atoms with E-state index in [9.17, 15) is 0 Å². The molecule has 1 unspecified atom stereocenters. The van der Waals surface area contributed by atoms with Gasteiger partial charge < -0.3 is 4.74 Å². The van der Waals surface area contributed by atoms with Crippen LogP contribution in [0.3, 0.4) is 0 Å². The molecule has 1 fully saturated rings. The molecule has 2 heteroatoms. The summed E-state index contributed by atoms with van der Waals surface area (Å²) in [6.07, 6.45) is 0.937. The van der Waals surface area contributed by atoms with E-state index in [0.29, 0.717) is 0 Å². The molecule has 0 spiro atoms. The van der Waals surface area contributed by atoms with Crippen molar-refractivity contribution in [3.63, 3.8) is 0 Å². The van der Waals surface area contributed by atoms with Gasteiger partial charge in [-0.3, -0.25) is 0 Å². The van der Waals surface area contributed by atoms with Crippen molar-refractivity contribution in [3.8, 4) is 11.3 Å². The Morgan fingerprint density at radius 1 is 1.88 bits per heavy atom. The topological polar surface area (TPSA) is 12.5 Å². The highest BCUT2D eigenvalue weighted by Gasteiger charge is 2.40. The maximum Gasteiger partial charge on any atom is 0.153 e. The van der Waals surface area contributed by atoms with Crippen LogP contribution in [0.5, 0.6) is 0 Å². The fourth-order valence-electron chi connectivity index (χ4n) is 0.538. The third-order valence-corrected chi connectivity index (χ3v) is 1.43. The molecule has 1 rings (SSSR count). The highest BCUT2D eigenvalue weighted by molar-refractivity contribution is 6.30. The minimum Gasteiger partial charge on any atom is -0.356 e. The predicted molar refractivity (Wildman–Crippen MR) is 32.6 cm³/mol. The zero-order valence-electron chi connectivity index (χ0n) is 4.70. The molecule has 0 N–H and O–H groups in total. The number of hydrogen-bond acceptors (Lipinski definition) is 1. The quantitative estimate of drug-likeness (QED) is 0.386. The summed E-state index contributed by atoms with van der Waals surface area (Å²) in [5.41, 5.74) is -0.151. The maximum atomic E-state index is 5.16. The van der Waals surface area contributed by atoms with Gasteiger partial charge in [0.15, 0.2) is 5.60 Å². The fourth-order valence-corrected chi connectivity index (χ4v) is 0.710. The number of ether oxygens (including phenoxy) is 1. The highest BCUT2D eigenvalue weighted by atomic mass is 35.5. The van der Waals surface area contributed by atoms with E-state index in [1.54, 1.807) is 0 Å². The molecule has 0 aromatic heterocycles. The van der Waals surface area contributed by atoms with Crippen molar-refractivity contribution in [3.05, 3.63) is 0 Å². The van der Waals surface area contributed by atoms with E-state index in [0.717, 1.165) is 13.0 Å². The lowest BCUT2D eigenvalue weighted by Crippen LogP contribution is -2.03. The van der Waals surface area contributed by atoms with E-state index in [1.807, 2.05) is 6.92 Å². The van der Waals surface area contributed by atoms with Crippen molar-refractivity contribution >= 4 is 11.6 Å². The Morgan fingerprint density at radius 2 is 2.50 bits per heavy atom. The van der Waals surface area contributed by atoms with Crippen molar-refractivity contribution in [2.24, 2.45) is 0 Å². The molecule has 0 radical (unpaired) electrons. The highest BCUT2D eigenvalue weighted by Crippen LogP contribution is 2.29. The average molecular weight is 131 g/mol. The minimum atomic E-state index is -0.151. The van der Waals surface area contributed by atoms with Crippen LogP contribution < -0.4 is 0 Å². The van der Waals surface area contributed by atoms with Gasteiger partial charge in [0, 0.05) is 5.38 Å². The molecule has 0 aliphatic carbocycles. The Bertz CT molecular complexity index is 138. The zero-order valence-corrected chi connectivity index (χ0v) is 5.46. The normalized spacial score (nSPS) is 33.2. The Morgan fingerprint density at radius 3 is 2.62 bits per heavy atom. The summed E-state index contributed by atoms with van der Waals surface area (Å²) in [6.45, 7) is 2.79. The van der Waals surface area contributed by atoms with Crippen molar-refractivity contribution in [2.45, 2.75) is 18.9 Å². The van der Waals surface area contributed by atoms with Crippen LogP contribution in [-0.4, -0.2) is 12.2 Å². The van der Waals surface area contributed by atoms with Crippen LogP contribution in [0.1, 0.15) is 13.3 Å². The zero-order chi connectivity index (χ0) is 6.04. The molecule has 1 atom stereocenters. The van der Waals surface area contributed by atoms with Gasteiger partial charge in [-0.2, -0.15) is 0 Å². The predicted octanol–water partition coefficient (Wildman–Crippen LogP) is 1.37. The molecule has 1 heterocycles. The largest absolute Gasteiger partial charge is 0.356 e. The molecule has 0 bridgehead atoms. The SMILES string of the molecule is CCC1(C#CCl)CO1. The van der Waals surface area contributed by atoms with E-state index in [4.69, 9.17) is 16.3 Å². The third kappa shape index (κ3) is 0.964. The standard InChI is InChI=1S/C6H7ClO/c1-2-6(3-4-7)5-8-6/h2,5H2,1H3. The van der Waals surface area contributed by atoms with Crippen LogP contribution in [0.25, 0.3) is 0 Å². The second kappa shape index (κ2) is 1.97. The molecule has 1 aliphatic rings. The van der Waals surface area contributed by atoms with Crippen LogP contribution in [0, 0.1) is 11.3 Å². The van der Waals surface area contributed by atoms with Crippen LogP contribution >= 0.6 is 11.6 Å². The number of halogens is 1. The third-order valence-electron chi connectivity index (χ3n) is 1.34. The first kappa shape index (κ1) is 5.94. The molecule has 0 saturated carbocycles. The monoisotopic (exact) mass is 130 g/mol. The van der Waals surface area contributed by atoms with Crippen molar-refractivity contribution in [2.75, 3.05) is 6.61 Å². The van der Waals surface area contributed by atoms with Gasteiger partial charge in [-0.15, -0.1) is 0 Å². The number of epoxide rings is 1. The van der Waals surface area contributed by atoms with Crippen molar-refractivity contribution in [1.29, 1.82) is 0 Å². The van der Waals surface area contributed by atoms with Crippen LogP contribution in [0.15, 0.2) is 0 Å². The lowest BCUT2D eigenvalue weighted by Gasteiger charge is -1.92. The molecule has 1 saturated heterocycles. The Kier molecular flexibility index (Phi) is 1.46. The Labute approximate surface area is 54.0 Å². The molecule has 8 heavy (non-hydrogen) atoms. The van der Waals surface area contributed by atoms with E-state index in [1.165, 1.54) is 0 Å². The molecular formula is C6H7ClO. The molecule has 1 nitrogen and oxygen atoms in total. The van der Waals surface area contributed by atoms with E-state index >= 15 is 0 Å². The number of hydrogen-bond donors (Lipinski definition) is 0. The molecule has 1 aliphatic heterocycles. The molecule has 44 valence electrons. The van der Waals surface area contributed by atoms with Gasteiger partial charge in [-0.05, 0) is 23.9 Å². The smallest absolute Gasteiger partial charge is 0.153 e. The number of rotatable bonds is 1. The Hall–Kier alpha value is -0.190. The van der Waals surface area contributed by atoms with Gasteiger partial charge in [0.25, 0.3) is 0 Å². The fraction of sp³-hybridized carbons (Fsp3) is 0.667. The van der Waals surface area contributed by atoms with Gasteiger partial charge in [0.05, 0.1) is 6.61 Å². The summed E-state index contributed by atoms with van der Waals surface area (Å²) in [6, 6.07) is 0. The molecular weight excluding hydrogens is 124 g/mol. The summed E-state index contributed by atoms with van der Waals surface area (Å²) in [5, 5.41) is 2.32. The minimum absolute atomic E-state index is 0.151. The first-order valence-electron chi connectivity index (χ1n) is 2.60. The van der Waals surface area contributed by atoms with Crippen molar-refractivity contribution in [1.82, 2.24) is 0 Å². The lowest BCUT2D eigenvalue weighted by molar-refractivity contribution is 0.353. The van der Waals surface area contributed by atoms with Crippen molar-refractivity contribution < 1.29 is 4.74 Å². The summed E-state index contributed by atoms with van der Waals surface area (Å²) in [7, 11) is 0. The van der Waals surface area contributed by atoms with Crippen LogP contribution in [0.2, 0.25) is 0 Å². The molecule has 0 aromatic carbocycles. The van der Waals surface area contributed by atoms with Gasteiger partial charge in [0.2, 0.25) is 0 Å². The molecule has 0 aromatic rings. The van der Waals surface area contributed by atoms with Gasteiger partial charge >= 0.3 is 0 Å². The first-order valence-corrected chi connectivity index (χ1v) is 2.97. The summed E-state index contributed by atoms with van der Waals surface area (Å²) in [5.74, 6) is 2.78. The summed E-state index contributed by atoms with van der Waals surface area (Å²) >= 11 is 5.16. The molecule has 0 amide bonds. The summed E-state index contributed by atoms with van der Waals surface area (Å²) < 4.78 is 5.03. The van der Waals surface area contributed by atoms with Gasteiger partial charge in [0.1, 0.15) is 0 Å². The van der Waals surface area contributed by atoms with Gasteiger partial charge in [-0.1, -0.05) is 6.92 Å². The lowest BCUT2D eigenvalue weighted by atomic mass is 10.1. The average Bonchev–Trinajstić information content (AvgIpc) is 2.50. The van der Waals surface area contributed by atoms with E-state index in [2.05, 4.69) is 11.3 Å². The summed E-state index contributed by atoms with van der Waals surface area (Å²) in [4.78, 5) is 0. The second-order valence-electron chi connectivity index (χ2n) is 1.86. The Balaban J connectivity index is 2.49. The second-order valence-corrected chi connectivity index (χ2v) is 2.04. The van der Waals surface area contributed by atoms with E-state index < -0.39 is 0 Å². The first-order chi connectivity index (χ1) is 3.83. The van der Waals surface area contributed by atoms with Crippen LogP contribution in [0.4, 0.5) is 0 Å². The van der Waals surface area contributed by atoms with E-state index in [-0.39, 0.29) is 5.60 Å².